The van der Waals surface area contributed by atoms with Crippen LogP contribution in [-0.2, 0) is 19.0 Å². The van der Waals surface area contributed by atoms with E-state index in [-0.39, 0.29) is 11.8 Å². The minimum absolute atomic E-state index is 0.0243. The van der Waals surface area contributed by atoms with Crippen LogP contribution in [0.2, 0.25) is 0 Å². The first-order chi connectivity index (χ1) is 5.64. The van der Waals surface area contributed by atoms with Crippen molar-refractivity contribution in [3.63, 3.8) is 0 Å². The van der Waals surface area contributed by atoms with Crippen LogP contribution in [-0.4, -0.2) is 47.1 Å². The highest BCUT2D eigenvalue weighted by Crippen LogP contribution is 1.99. The van der Waals surface area contributed by atoms with Gasteiger partial charge in [-0.25, -0.2) is 0 Å². The molecule has 1 saturated heterocycles. The average Bonchev–Trinajstić information content (AvgIpc) is 2.06. The molecule has 0 aromatic rings. The first-order valence-electron chi connectivity index (χ1n) is 3.73. The van der Waals surface area contributed by atoms with Crippen LogP contribution in [0.25, 0.3) is 0 Å². The van der Waals surface area contributed by atoms with Crippen LogP contribution in [0.3, 0.4) is 0 Å². The van der Waals surface area contributed by atoms with E-state index in [1.807, 2.05) is 0 Å². The summed E-state index contributed by atoms with van der Waals surface area (Å²) in [6.07, 6.45) is 0. The first kappa shape index (κ1) is 9.91. The lowest BCUT2D eigenvalue weighted by Gasteiger charge is -2.22. The van der Waals surface area contributed by atoms with Crippen LogP contribution in [0.1, 0.15) is 0 Å². The van der Waals surface area contributed by atoms with Crippen molar-refractivity contribution in [2.75, 3.05) is 32.6 Å². The van der Waals surface area contributed by atoms with E-state index >= 15 is 0 Å². The molecule has 5 nitrogen and oxygen atoms in total. The van der Waals surface area contributed by atoms with Gasteiger partial charge >= 0.3 is 0 Å². The molecule has 1 fully saturated rings. The maximum absolute atomic E-state index is 10.9. The Morgan fingerprint density at radius 3 is 2.92 bits per heavy atom. The molecule has 0 unspecified atom stereocenters. The fourth-order valence-electron chi connectivity index (χ4n) is 1.04. The summed E-state index contributed by atoms with van der Waals surface area (Å²) in [5, 5.41) is 3.03. The largest absolute Gasteiger partial charge is 0.378 e. The van der Waals surface area contributed by atoms with Crippen molar-refractivity contribution in [1.29, 1.82) is 0 Å². The van der Waals surface area contributed by atoms with Gasteiger partial charge in [0.25, 0.3) is 10.1 Å². The fraction of sp³-hybridized carbons (Fsp3) is 1.00. The minimum atomic E-state index is -3.36. The van der Waals surface area contributed by atoms with E-state index < -0.39 is 10.1 Å². The Kier molecular flexibility index (Phi) is 3.45. The van der Waals surface area contributed by atoms with Crippen LogP contribution in [0.5, 0.6) is 0 Å². The third kappa shape index (κ3) is 3.06. The quantitative estimate of drug-likeness (QED) is 0.582. The Labute approximate surface area is 72.2 Å². The molecule has 6 heteroatoms. The second-order valence-electron chi connectivity index (χ2n) is 2.62. The van der Waals surface area contributed by atoms with Crippen molar-refractivity contribution in [1.82, 2.24) is 5.32 Å². The molecule has 0 saturated carbocycles. The maximum Gasteiger partial charge on any atom is 0.268 e. The summed E-state index contributed by atoms with van der Waals surface area (Å²) in [5.74, 6) is -0.0243. The standard InChI is InChI=1S/C6H13NO4S/c1-10-12(8,9)5-6-4-11-3-2-7-6/h6-7H,2-5H2,1H3/t6-/m0/s1. The smallest absolute Gasteiger partial charge is 0.268 e. The average molecular weight is 195 g/mol. The molecule has 0 radical (unpaired) electrons. The molecular weight excluding hydrogens is 182 g/mol. The van der Waals surface area contributed by atoms with Gasteiger partial charge in [-0.3, -0.25) is 4.18 Å². The molecule has 1 rings (SSSR count). The van der Waals surface area contributed by atoms with Crippen molar-refractivity contribution >= 4 is 10.1 Å². The summed E-state index contributed by atoms with van der Waals surface area (Å²) >= 11 is 0. The Bertz CT molecular complexity index is 220. The van der Waals surface area contributed by atoms with Gasteiger partial charge in [0.05, 0.1) is 26.1 Å². The molecule has 0 bridgehead atoms. The molecule has 1 atom stereocenters. The molecule has 1 aliphatic rings. The van der Waals surface area contributed by atoms with E-state index in [4.69, 9.17) is 4.74 Å². The van der Waals surface area contributed by atoms with Crippen molar-refractivity contribution < 1.29 is 17.3 Å². The molecule has 0 aromatic heterocycles. The lowest BCUT2D eigenvalue weighted by atomic mass is 10.3. The zero-order valence-electron chi connectivity index (χ0n) is 6.95. The third-order valence-corrected chi connectivity index (χ3v) is 2.98. The van der Waals surface area contributed by atoms with Crippen molar-refractivity contribution in [3.05, 3.63) is 0 Å². The third-order valence-electron chi connectivity index (χ3n) is 1.66. The van der Waals surface area contributed by atoms with Crippen LogP contribution in [0.4, 0.5) is 0 Å². The monoisotopic (exact) mass is 195 g/mol. The predicted molar refractivity (Wildman–Crippen MR) is 43.4 cm³/mol. The van der Waals surface area contributed by atoms with Gasteiger partial charge in [0, 0.05) is 12.6 Å². The number of nitrogens with one attached hydrogen (secondary N) is 1. The second kappa shape index (κ2) is 4.18. The lowest BCUT2D eigenvalue weighted by molar-refractivity contribution is 0.0826. The SMILES string of the molecule is COS(=O)(=O)C[C@@H]1COCCN1. The van der Waals surface area contributed by atoms with E-state index in [1.165, 1.54) is 7.11 Å². The summed E-state index contributed by atoms with van der Waals surface area (Å²) in [5.41, 5.74) is 0. The molecule has 12 heavy (non-hydrogen) atoms. The van der Waals surface area contributed by atoms with Crippen LogP contribution in [0, 0.1) is 0 Å². The molecule has 1 heterocycles. The molecule has 72 valence electrons. The zero-order chi connectivity index (χ0) is 9.03. The van der Waals surface area contributed by atoms with E-state index in [9.17, 15) is 8.42 Å². The fourth-order valence-corrected chi connectivity index (χ4v) is 1.88. The summed E-state index contributed by atoms with van der Waals surface area (Å²) in [6, 6.07) is -0.135. The first-order valence-corrected chi connectivity index (χ1v) is 5.31. The Morgan fingerprint density at radius 1 is 1.67 bits per heavy atom. The van der Waals surface area contributed by atoms with Crippen molar-refractivity contribution in [2.24, 2.45) is 0 Å². The number of ether oxygens (including phenoxy) is 1. The molecule has 1 N–H and O–H groups in total. The minimum Gasteiger partial charge on any atom is -0.378 e. The predicted octanol–water partition coefficient (Wildman–Crippen LogP) is -1.05. The van der Waals surface area contributed by atoms with E-state index in [2.05, 4.69) is 9.50 Å². The Morgan fingerprint density at radius 2 is 2.42 bits per heavy atom. The maximum atomic E-state index is 10.9. The van der Waals surface area contributed by atoms with Crippen molar-refractivity contribution in [3.8, 4) is 0 Å². The molecule has 0 aliphatic carbocycles. The van der Waals surface area contributed by atoms with E-state index in [0.717, 1.165) is 0 Å². The molecule has 0 amide bonds. The van der Waals surface area contributed by atoms with Gasteiger partial charge in [-0.1, -0.05) is 0 Å². The van der Waals surface area contributed by atoms with Gasteiger partial charge in [-0.2, -0.15) is 8.42 Å². The Hall–Kier alpha value is -0.170. The number of morpholine rings is 1. The van der Waals surface area contributed by atoms with E-state index in [0.29, 0.717) is 19.8 Å². The summed E-state index contributed by atoms with van der Waals surface area (Å²) < 4.78 is 31.3. The number of hydrogen-bond donors (Lipinski definition) is 1. The number of rotatable bonds is 3. The summed E-state index contributed by atoms with van der Waals surface area (Å²) in [4.78, 5) is 0. The van der Waals surface area contributed by atoms with Crippen molar-refractivity contribution in [2.45, 2.75) is 6.04 Å². The normalized spacial score (nSPS) is 25.6. The number of hydrogen-bond acceptors (Lipinski definition) is 5. The second-order valence-corrected chi connectivity index (χ2v) is 4.40. The molecule has 1 aliphatic heterocycles. The molecular formula is C6H13NO4S. The Balaban J connectivity index is 2.39. The van der Waals surface area contributed by atoms with Gasteiger partial charge in [0.15, 0.2) is 0 Å². The van der Waals surface area contributed by atoms with Gasteiger partial charge in [0.1, 0.15) is 0 Å². The van der Waals surface area contributed by atoms with Crippen LogP contribution in [0.15, 0.2) is 0 Å². The summed E-state index contributed by atoms with van der Waals surface area (Å²) in [7, 11) is -2.20. The van der Waals surface area contributed by atoms with Crippen LogP contribution < -0.4 is 5.32 Å². The topological polar surface area (TPSA) is 64.6 Å². The van der Waals surface area contributed by atoms with Gasteiger partial charge in [0.2, 0.25) is 0 Å². The molecule has 0 aromatic carbocycles. The molecule has 0 spiro atoms. The van der Waals surface area contributed by atoms with Gasteiger partial charge in [-0.05, 0) is 0 Å². The van der Waals surface area contributed by atoms with Gasteiger partial charge in [-0.15, -0.1) is 0 Å². The summed E-state index contributed by atoms with van der Waals surface area (Å²) in [6.45, 7) is 1.77. The van der Waals surface area contributed by atoms with E-state index in [1.54, 1.807) is 0 Å². The highest BCUT2D eigenvalue weighted by molar-refractivity contribution is 7.86. The zero-order valence-corrected chi connectivity index (χ0v) is 7.76. The van der Waals surface area contributed by atoms with Crippen LogP contribution >= 0.6 is 0 Å². The highest BCUT2D eigenvalue weighted by Gasteiger charge is 2.20. The highest BCUT2D eigenvalue weighted by atomic mass is 32.2. The lowest BCUT2D eigenvalue weighted by Crippen LogP contribution is -2.45. The van der Waals surface area contributed by atoms with Gasteiger partial charge < -0.3 is 10.1 Å².